The van der Waals surface area contributed by atoms with Gasteiger partial charge in [-0.15, -0.1) is 5.10 Å². The summed E-state index contributed by atoms with van der Waals surface area (Å²) >= 11 is 1.45. The lowest BCUT2D eigenvalue weighted by molar-refractivity contribution is -0.126. The van der Waals surface area contributed by atoms with Gasteiger partial charge in [0, 0.05) is 19.8 Å². The third-order valence-electron chi connectivity index (χ3n) is 4.48. The Morgan fingerprint density at radius 2 is 1.85 bits per heavy atom. The van der Waals surface area contributed by atoms with E-state index in [0.29, 0.717) is 11.7 Å². The number of hydrogen-bond donors (Lipinski definition) is 0. The molecule has 0 saturated carbocycles. The van der Waals surface area contributed by atoms with Crippen LogP contribution >= 0.6 is 11.8 Å². The molecular weight excluding hydrogens is 356 g/mol. The minimum atomic E-state index is -0.137. The average Bonchev–Trinajstić information content (AvgIpc) is 2.91. The zero-order valence-electron chi connectivity index (χ0n) is 16.1. The summed E-state index contributed by atoms with van der Waals surface area (Å²) in [6.07, 6.45) is 1.71. The molecule has 2 aromatic carbocycles. The van der Waals surface area contributed by atoms with Crippen LogP contribution in [0.1, 0.15) is 23.6 Å². The van der Waals surface area contributed by atoms with Gasteiger partial charge in [-0.1, -0.05) is 48.2 Å². The Hall–Kier alpha value is -2.60. The zero-order valence-corrected chi connectivity index (χ0v) is 16.9. The Kier molecular flexibility index (Phi) is 5.96. The van der Waals surface area contributed by atoms with E-state index in [2.05, 4.69) is 23.2 Å². The second-order valence-corrected chi connectivity index (χ2v) is 8.03. The van der Waals surface area contributed by atoms with Crippen LogP contribution < -0.4 is 4.90 Å². The molecule has 6 heteroatoms. The lowest BCUT2D eigenvalue weighted by Crippen LogP contribution is -2.31. The summed E-state index contributed by atoms with van der Waals surface area (Å²) in [6.45, 7) is 4.48. The summed E-state index contributed by atoms with van der Waals surface area (Å²) in [4.78, 5) is 16.3. The molecule has 3 rings (SSSR count). The van der Waals surface area contributed by atoms with Crippen LogP contribution in [-0.4, -0.2) is 41.5 Å². The number of rotatable bonds is 5. The molecule has 1 fully saturated rings. The second kappa shape index (κ2) is 8.39. The number of amidine groups is 1. The average molecular weight is 381 g/mol. The summed E-state index contributed by atoms with van der Waals surface area (Å²) in [5.41, 5.74) is 4.39. The van der Waals surface area contributed by atoms with Crippen LogP contribution in [0.15, 0.2) is 58.7 Å². The van der Waals surface area contributed by atoms with Crippen LogP contribution in [0.2, 0.25) is 0 Å². The van der Waals surface area contributed by atoms with Gasteiger partial charge in [-0.05, 0) is 42.7 Å². The molecule has 1 aliphatic heterocycles. The molecule has 140 valence electrons. The number of hydrogen-bond acceptors (Lipinski definition) is 5. The molecule has 0 aliphatic carbocycles. The SMILES string of the molecule is Cc1ccccc1CN1C(=O)[C@H](C)S/C1=N/N=C\c1ccc(N(C)C)cc1. The Balaban J connectivity index is 1.76. The van der Waals surface area contributed by atoms with Crippen LogP contribution in [0, 0.1) is 6.92 Å². The molecule has 1 amide bonds. The largest absolute Gasteiger partial charge is 0.378 e. The van der Waals surface area contributed by atoms with E-state index >= 15 is 0 Å². The lowest BCUT2D eigenvalue weighted by atomic mass is 10.1. The monoisotopic (exact) mass is 380 g/mol. The topological polar surface area (TPSA) is 48.3 Å². The quantitative estimate of drug-likeness (QED) is 0.584. The summed E-state index contributed by atoms with van der Waals surface area (Å²) in [5, 5.41) is 9.06. The molecule has 1 atom stereocenters. The van der Waals surface area contributed by atoms with Gasteiger partial charge in [0.1, 0.15) is 0 Å². The molecule has 5 nitrogen and oxygen atoms in total. The van der Waals surface area contributed by atoms with E-state index in [0.717, 1.165) is 16.8 Å². The number of carbonyl (C=O) groups is 1. The van der Waals surface area contributed by atoms with Crippen molar-refractivity contribution < 1.29 is 4.79 Å². The van der Waals surface area contributed by atoms with E-state index in [1.165, 1.54) is 17.3 Å². The highest BCUT2D eigenvalue weighted by Crippen LogP contribution is 2.29. The molecule has 0 bridgehead atoms. The smallest absolute Gasteiger partial charge is 0.242 e. The summed E-state index contributed by atoms with van der Waals surface area (Å²) in [5.74, 6) is 0.0764. The lowest BCUT2D eigenvalue weighted by Gasteiger charge is -2.16. The number of carbonyl (C=O) groups excluding carboxylic acids is 1. The first-order chi connectivity index (χ1) is 13.0. The van der Waals surface area contributed by atoms with Gasteiger partial charge in [-0.2, -0.15) is 5.10 Å². The fourth-order valence-corrected chi connectivity index (χ4v) is 3.69. The van der Waals surface area contributed by atoms with Crippen molar-refractivity contribution in [1.29, 1.82) is 0 Å². The fourth-order valence-electron chi connectivity index (χ4n) is 2.77. The minimum absolute atomic E-state index is 0.0764. The van der Waals surface area contributed by atoms with Crippen molar-refractivity contribution in [2.75, 3.05) is 19.0 Å². The van der Waals surface area contributed by atoms with E-state index in [1.807, 2.05) is 68.4 Å². The maximum atomic E-state index is 12.5. The summed E-state index contributed by atoms with van der Waals surface area (Å²) in [6, 6.07) is 16.2. The van der Waals surface area contributed by atoms with Crippen molar-refractivity contribution in [3.05, 3.63) is 65.2 Å². The zero-order chi connectivity index (χ0) is 19.4. The number of amides is 1. The standard InChI is InChI=1S/C21H24N4OS/c1-15-7-5-6-8-18(15)14-25-20(26)16(2)27-21(25)23-22-13-17-9-11-19(12-10-17)24(3)4/h5-13,16H,14H2,1-4H3/b22-13-,23-21+/t16-/m0/s1. The number of benzene rings is 2. The first-order valence-electron chi connectivity index (χ1n) is 8.86. The third-order valence-corrected chi connectivity index (χ3v) is 5.54. The van der Waals surface area contributed by atoms with Crippen LogP contribution in [0.5, 0.6) is 0 Å². The predicted molar refractivity (Wildman–Crippen MR) is 115 cm³/mol. The molecule has 1 aliphatic rings. The van der Waals surface area contributed by atoms with Gasteiger partial charge in [0.15, 0.2) is 5.17 Å². The number of nitrogens with zero attached hydrogens (tertiary/aromatic N) is 4. The number of anilines is 1. The predicted octanol–water partition coefficient (Wildman–Crippen LogP) is 3.92. The Morgan fingerprint density at radius 3 is 2.52 bits per heavy atom. The molecule has 2 aromatic rings. The highest BCUT2D eigenvalue weighted by atomic mass is 32.2. The van der Waals surface area contributed by atoms with Crippen LogP contribution in [0.25, 0.3) is 0 Å². The van der Waals surface area contributed by atoms with Gasteiger partial charge in [-0.25, -0.2) is 0 Å². The summed E-state index contributed by atoms with van der Waals surface area (Å²) < 4.78 is 0. The first kappa shape index (κ1) is 19.2. The molecule has 0 N–H and O–H groups in total. The Bertz CT molecular complexity index is 874. The number of aryl methyl sites for hydroxylation is 1. The maximum Gasteiger partial charge on any atom is 0.242 e. The third kappa shape index (κ3) is 4.57. The van der Waals surface area contributed by atoms with Crippen LogP contribution in [0.3, 0.4) is 0 Å². The van der Waals surface area contributed by atoms with E-state index in [9.17, 15) is 4.79 Å². The van der Waals surface area contributed by atoms with E-state index in [1.54, 1.807) is 11.1 Å². The summed E-state index contributed by atoms with van der Waals surface area (Å²) in [7, 11) is 4.02. The first-order valence-corrected chi connectivity index (χ1v) is 9.74. The van der Waals surface area contributed by atoms with E-state index < -0.39 is 0 Å². The minimum Gasteiger partial charge on any atom is -0.378 e. The van der Waals surface area contributed by atoms with Crippen LogP contribution in [0.4, 0.5) is 5.69 Å². The van der Waals surface area contributed by atoms with Crippen molar-refractivity contribution in [3.8, 4) is 0 Å². The van der Waals surface area contributed by atoms with Gasteiger partial charge in [0.25, 0.3) is 0 Å². The van der Waals surface area contributed by atoms with Gasteiger partial charge in [0.05, 0.1) is 18.0 Å². The normalized spacial score (nSPS) is 18.7. The van der Waals surface area contributed by atoms with Crippen LogP contribution in [-0.2, 0) is 11.3 Å². The van der Waals surface area contributed by atoms with Gasteiger partial charge < -0.3 is 4.90 Å². The van der Waals surface area contributed by atoms with Crippen molar-refractivity contribution >= 4 is 34.7 Å². The highest BCUT2D eigenvalue weighted by molar-refractivity contribution is 8.15. The van der Waals surface area contributed by atoms with E-state index in [4.69, 9.17) is 0 Å². The van der Waals surface area contributed by atoms with Crippen molar-refractivity contribution in [3.63, 3.8) is 0 Å². The Morgan fingerprint density at radius 1 is 1.15 bits per heavy atom. The molecule has 0 aromatic heterocycles. The maximum absolute atomic E-state index is 12.5. The molecule has 0 unspecified atom stereocenters. The second-order valence-electron chi connectivity index (χ2n) is 6.72. The van der Waals surface area contributed by atoms with Gasteiger partial charge in [-0.3, -0.25) is 9.69 Å². The van der Waals surface area contributed by atoms with Crippen molar-refractivity contribution in [2.45, 2.75) is 25.6 Å². The van der Waals surface area contributed by atoms with Crippen molar-refractivity contribution in [1.82, 2.24) is 4.90 Å². The van der Waals surface area contributed by atoms with E-state index in [-0.39, 0.29) is 11.2 Å². The highest BCUT2D eigenvalue weighted by Gasteiger charge is 2.35. The Labute approximate surface area is 164 Å². The van der Waals surface area contributed by atoms with Gasteiger partial charge >= 0.3 is 0 Å². The molecule has 0 radical (unpaired) electrons. The van der Waals surface area contributed by atoms with Gasteiger partial charge in [0.2, 0.25) is 5.91 Å². The fraction of sp³-hybridized carbons (Fsp3) is 0.286. The molecule has 27 heavy (non-hydrogen) atoms. The molecule has 1 heterocycles. The molecule has 1 saturated heterocycles. The molecular formula is C21H24N4OS. The van der Waals surface area contributed by atoms with Crippen molar-refractivity contribution in [2.24, 2.45) is 10.2 Å². The number of thioether (sulfide) groups is 1. The molecule has 0 spiro atoms.